The van der Waals surface area contributed by atoms with Gasteiger partial charge in [0.2, 0.25) is 0 Å². The van der Waals surface area contributed by atoms with Crippen molar-refractivity contribution in [2.45, 2.75) is 11.8 Å². The maximum Gasteiger partial charge on any atom is 0.102 e. The van der Waals surface area contributed by atoms with Crippen molar-refractivity contribution in [3.63, 3.8) is 0 Å². The van der Waals surface area contributed by atoms with Gasteiger partial charge in [-0.3, -0.25) is 0 Å². The first kappa shape index (κ1) is 8.95. The number of thioether (sulfide) groups is 1. The fourth-order valence-corrected chi connectivity index (χ4v) is 1.74. The van der Waals surface area contributed by atoms with Gasteiger partial charge in [-0.05, 0) is 17.9 Å². The Hall–Kier alpha value is -1.14. The van der Waals surface area contributed by atoms with Crippen molar-refractivity contribution in [1.29, 1.82) is 5.26 Å². The third-order valence-corrected chi connectivity index (χ3v) is 2.41. The van der Waals surface area contributed by atoms with Crippen molar-refractivity contribution < 1.29 is 0 Å². The molecule has 0 bridgehead atoms. The lowest BCUT2D eigenvalue weighted by molar-refractivity contribution is 1.36. The van der Waals surface area contributed by atoms with Gasteiger partial charge in [-0.25, -0.2) is 0 Å². The number of hydrogen-bond donors (Lipinski definition) is 1. The molecule has 0 radical (unpaired) electrons. The molecule has 1 aromatic carbocycles. The molecule has 0 saturated carbocycles. The van der Waals surface area contributed by atoms with Crippen LogP contribution < -0.4 is 5.73 Å². The molecule has 0 aromatic heterocycles. The molecule has 0 fully saturated rings. The second kappa shape index (κ2) is 4.03. The van der Waals surface area contributed by atoms with Crippen LogP contribution in [0, 0.1) is 11.3 Å². The number of benzene rings is 1. The average Bonchev–Trinajstić information content (AvgIpc) is 2.05. The summed E-state index contributed by atoms with van der Waals surface area (Å²) in [5.41, 5.74) is 6.79. The third kappa shape index (κ3) is 1.72. The zero-order valence-electron chi connectivity index (χ0n) is 6.87. The summed E-state index contributed by atoms with van der Waals surface area (Å²) in [5, 5.41) is 8.78. The first-order valence-corrected chi connectivity index (χ1v) is 4.69. The van der Waals surface area contributed by atoms with Gasteiger partial charge in [0.25, 0.3) is 0 Å². The summed E-state index contributed by atoms with van der Waals surface area (Å²) in [6.07, 6.45) is 0. The van der Waals surface area contributed by atoms with Crippen molar-refractivity contribution in [3.05, 3.63) is 23.8 Å². The molecule has 1 aromatic rings. The van der Waals surface area contributed by atoms with Crippen LogP contribution in [-0.4, -0.2) is 5.75 Å². The minimum Gasteiger partial charge on any atom is -0.398 e. The molecule has 0 aliphatic rings. The predicted octanol–water partition coefficient (Wildman–Crippen LogP) is 2.25. The fraction of sp³-hybridized carbons (Fsp3) is 0.222. The standard InChI is InChI=1S/C9H10N2S/c1-2-12-9-5-3-4-8(11)7(9)6-10/h3-5H,2,11H2,1H3. The van der Waals surface area contributed by atoms with Crippen LogP contribution in [0.1, 0.15) is 12.5 Å². The van der Waals surface area contributed by atoms with Crippen LogP contribution in [0.3, 0.4) is 0 Å². The lowest BCUT2D eigenvalue weighted by Crippen LogP contribution is -1.91. The summed E-state index contributed by atoms with van der Waals surface area (Å²) < 4.78 is 0. The first-order valence-electron chi connectivity index (χ1n) is 3.71. The van der Waals surface area contributed by atoms with E-state index in [1.54, 1.807) is 17.8 Å². The van der Waals surface area contributed by atoms with Gasteiger partial charge < -0.3 is 5.73 Å². The van der Waals surface area contributed by atoms with Gasteiger partial charge in [0.05, 0.1) is 11.3 Å². The largest absolute Gasteiger partial charge is 0.398 e. The Morgan fingerprint density at radius 3 is 2.92 bits per heavy atom. The third-order valence-electron chi connectivity index (χ3n) is 1.47. The molecule has 0 spiro atoms. The number of rotatable bonds is 2. The van der Waals surface area contributed by atoms with Crippen LogP contribution in [0.15, 0.2) is 23.1 Å². The molecule has 62 valence electrons. The van der Waals surface area contributed by atoms with Crippen molar-refractivity contribution in [2.75, 3.05) is 11.5 Å². The van der Waals surface area contributed by atoms with Crippen LogP contribution in [0.2, 0.25) is 0 Å². The lowest BCUT2D eigenvalue weighted by atomic mass is 10.2. The Morgan fingerprint density at radius 2 is 2.33 bits per heavy atom. The maximum absolute atomic E-state index is 8.78. The smallest absolute Gasteiger partial charge is 0.102 e. The van der Waals surface area contributed by atoms with Crippen LogP contribution in [0.25, 0.3) is 0 Å². The first-order chi connectivity index (χ1) is 5.79. The molecule has 3 heteroatoms. The van der Waals surface area contributed by atoms with Gasteiger partial charge in [0.1, 0.15) is 6.07 Å². The van der Waals surface area contributed by atoms with Gasteiger partial charge in [0, 0.05) is 4.90 Å². The SMILES string of the molecule is CCSc1cccc(N)c1C#N. The predicted molar refractivity (Wildman–Crippen MR) is 52.0 cm³/mol. The van der Waals surface area contributed by atoms with Gasteiger partial charge in [-0.1, -0.05) is 13.0 Å². The molecular weight excluding hydrogens is 168 g/mol. The number of nitrogen functional groups attached to an aromatic ring is 1. The Bertz CT molecular complexity index is 315. The lowest BCUT2D eigenvalue weighted by Gasteiger charge is -2.02. The highest BCUT2D eigenvalue weighted by Gasteiger charge is 2.03. The van der Waals surface area contributed by atoms with Crippen molar-refractivity contribution >= 4 is 17.4 Å². The highest BCUT2D eigenvalue weighted by Crippen LogP contribution is 2.25. The molecule has 0 heterocycles. The number of anilines is 1. The van der Waals surface area contributed by atoms with Crippen molar-refractivity contribution in [3.8, 4) is 6.07 Å². The van der Waals surface area contributed by atoms with E-state index in [9.17, 15) is 0 Å². The molecule has 1 rings (SSSR count). The Kier molecular flexibility index (Phi) is 3.01. The molecular formula is C9H10N2S. The van der Waals surface area contributed by atoms with Gasteiger partial charge in [-0.15, -0.1) is 11.8 Å². The van der Waals surface area contributed by atoms with E-state index in [2.05, 4.69) is 13.0 Å². The monoisotopic (exact) mass is 178 g/mol. The minimum atomic E-state index is 0.566. The Labute approximate surface area is 76.4 Å². The van der Waals surface area contributed by atoms with Gasteiger partial charge in [0.15, 0.2) is 0 Å². The van der Waals surface area contributed by atoms with E-state index in [1.165, 1.54) is 0 Å². The summed E-state index contributed by atoms with van der Waals surface area (Å²) in [4.78, 5) is 0.972. The second-order valence-electron chi connectivity index (χ2n) is 2.27. The highest BCUT2D eigenvalue weighted by atomic mass is 32.2. The van der Waals surface area contributed by atoms with E-state index in [0.717, 1.165) is 10.6 Å². The highest BCUT2D eigenvalue weighted by molar-refractivity contribution is 7.99. The zero-order chi connectivity index (χ0) is 8.97. The van der Waals surface area contributed by atoms with Crippen molar-refractivity contribution in [2.24, 2.45) is 0 Å². The maximum atomic E-state index is 8.78. The van der Waals surface area contributed by atoms with E-state index in [1.807, 2.05) is 12.1 Å². The van der Waals surface area contributed by atoms with Gasteiger partial charge in [-0.2, -0.15) is 5.26 Å². The molecule has 0 unspecified atom stereocenters. The van der Waals surface area contributed by atoms with Crippen LogP contribution in [0.4, 0.5) is 5.69 Å². The zero-order valence-corrected chi connectivity index (χ0v) is 7.69. The molecule has 12 heavy (non-hydrogen) atoms. The van der Waals surface area contributed by atoms with E-state index >= 15 is 0 Å². The summed E-state index contributed by atoms with van der Waals surface area (Å²) in [7, 11) is 0. The summed E-state index contributed by atoms with van der Waals surface area (Å²) in [6, 6.07) is 7.64. The second-order valence-corrected chi connectivity index (χ2v) is 3.57. The Morgan fingerprint density at radius 1 is 1.58 bits per heavy atom. The van der Waals surface area contributed by atoms with E-state index in [0.29, 0.717) is 11.3 Å². The van der Waals surface area contributed by atoms with Crippen LogP contribution in [-0.2, 0) is 0 Å². The van der Waals surface area contributed by atoms with E-state index in [-0.39, 0.29) is 0 Å². The number of nitrogens with zero attached hydrogens (tertiary/aromatic N) is 1. The quantitative estimate of drug-likeness (QED) is 0.558. The molecule has 0 aliphatic heterocycles. The van der Waals surface area contributed by atoms with E-state index in [4.69, 9.17) is 11.0 Å². The minimum absolute atomic E-state index is 0.566. The van der Waals surface area contributed by atoms with Crippen LogP contribution in [0.5, 0.6) is 0 Å². The number of nitrogens with two attached hydrogens (primary N) is 1. The molecule has 2 nitrogen and oxygen atoms in total. The van der Waals surface area contributed by atoms with Gasteiger partial charge >= 0.3 is 0 Å². The topological polar surface area (TPSA) is 49.8 Å². The molecule has 2 N–H and O–H groups in total. The number of hydrogen-bond acceptors (Lipinski definition) is 3. The molecule has 0 atom stereocenters. The molecule has 0 aliphatic carbocycles. The van der Waals surface area contributed by atoms with E-state index < -0.39 is 0 Å². The molecule has 0 amide bonds. The normalized spacial score (nSPS) is 9.33. The summed E-state index contributed by atoms with van der Waals surface area (Å²) >= 11 is 1.64. The Balaban J connectivity index is 3.11. The summed E-state index contributed by atoms with van der Waals surface area (Å²) in [5.74, 6) is 0.956. The summed E-state index contributed by atoms with van der Waals surface area (Å²) in [6.45, 7) is 2.05. The number of nitriles is 1. The molecule has 0 saturated heterocycles. The van der Waals surface area contributed by atoms with Crippen molar-refractivity contribution in [1.82, 2.24) is 0 Å². The fourth-order valence-electron chi connectivity index (χ4n) is 0.944. The average molecular weight is 178 g/mol. The van der Waals surface area contributed by atoms with Crippen LogP contribution >= 0.6 is 11.8 Å².